The van der Waals surface area contributed by atoms with Crippen LogP contribution in [0.25, 0.3) is 0 Å². The number of nitrogens with zero attached hydrogens (tertiary/aromatic N) is 1. The predicted molar refractivity (Wildman–Crippen MR) is 82.7 cm³/mol. The summed E-state index contributed by atoms with van der Waals surface area (Å²) in [6, 6.07) is 6.10. The van der Waals surface area contributed by atoms with Crippen LogP contribution in [0.4, 0.5) is 0 Å². The first-order valence-corrected chi connectivity index (χ1v) is 10.3. The van der Waals surface area contributed by atoms with Gasteiger partial charge in [0.15, 0.2) is 9.84 Å². The van der Waals surface area contributed by atoms with Crippen LogP contribution in [0.2, 0.25) is 5.02 Å². The summed E-state index contributed by atoms with van der Waals surface area (Å²) in [5.41, 5.74) is 0. The zero-order valence-corrected chi connectivity index (χ0v) is 14.1. The van der Waals surface area contributed by atoms with Gasteiger partial charge in [-0.15, -0.1) is 0 Å². The first-order chi connectivity index (χ1) is 9.77. The Kier molecular flexibility index (Phi) is 4.97. The summed E-state index contributed by atoms with van der Waals surface area (Å²) in [5.74, 6) is 0.0959. The summed E-state index contributed by atoms with van der Waals surface area (Å²) in [7, 11) is -6.71. The van der Waals surface area contributed by atoms with Crippen LogP contribution in [0.5, 0.6) is 0 Å². The highest BCUT2D eigenvalue weighted by Crippen LogP contribution is 2.25. The maximum atomic E-state index is 12.5. The van der Waals surface area contributed by atoms with E-state index >= 15 is 0 Å². The average Bonchev–Trinajstić information content (AvgIpc) is 2.47. The molecular formula is C13H18ClNO4S2. The molecule has 0 saturated carbocycles. The maximum Gasteiger partial charge on any atom is 0.243 e. The van der Waals surface area contributed by atoms with Crippen molar-refractivity contribution in [3.63, 3.8) is 0 Å². The molecule has 118 valence electrons. The smallest absolute Gasteiger partial charge is 0.229 e. The van der Waals surface area contributed by atoms with Crippen LogP contribution in [0.1, 0.15) is 19.8 Å². The SMILES string of the molecule is CCS(=O)(=O)C1CCN(S(=O)(=O)c2cccc(Cl)c2)CC1. The van der Waals surface area contributed by atoms with Crippen molar-refractivity contribution >= 4 is 31.5 Å². The van der Waals surface area contributed by atoms with Crippen LogP contribution < -0.4 is 0 Å². The zero-order chi connectivity index (χ0) is 15.7. The quantitative estimate of drug-likeness (QED) is 0.831. The first-order valence-electron chi connectivity index (χ1n) is 6.74. The van der Waals surface area contributed by atoms with E-state index in [1.165, 1.54) is 16.4 Å². The molecule has 1 aliphatic heterocycles. The third kappa shape index (κ3) is 3.59. The highest BCUT2D eigenvalue weighted by Gasteiger charge is 2.34. The molecule has 1 heterocycles. The molecule has 1 fully saturated rings. The van der Waals surface area contributed by atoms with Crippen LogP contribution in [0.15, 0.2) is 29.2 Å². The minimum Gasteiger partial charge on any atom is -0.229 e. The van der Waals surface area contributed by atoms with Crippen LogP contribution in [0.3, 0.4) is 0 Å². The van der Waals surface area contributed by atoms with Crippen LogP contribution >= 0.6 is 11.6 Å². The second-order valence-electron chi connectivity index (χ2n) is 5.01. The van der Waals surface area contributed by atoms with Crippen molar-refractivity contribution in [2.45, 2.75) is 29.9 Å². The number of piperidine rings is 1. The highest BCUT2D eigenvalue weighted by atomic mass is 35.5. The van der Waals surface area contributed by atoms with Gasteiger partial charge in [-0.25, -0.2) is 16.8 Å². The lowest BCUT2D eigenvalue weighted by Gasteiger charge is -2.30. The number of sulfone groups is 1. The van der Waals surface area contributed by atoms with Crippen molar-refractivity contribution in [1.82, 2.24) is 4.31 Å². The average molecular weight is 352 g/mol. The molecule has 1 aliphatic rings. The molecule has 8 heteroatoms. The van der Waals surface area contributed by atoms with Gasteiger partial charge in [-0.3, -0.25) is 0 Å². The van der Waals surface area contributed by atoms with Gasteiger partial charge < -0.3 is 0 Å². The predicted octanol–water partition coefficient (Wildman–Crippen LogP) is 1.93. The van der Waals surface area contributed by atoms with Crippen molar-refractivity contribution in [3.05, 3.63) is 29.3 Å². The summed E-state index contributed by atoms with van der Waals surface area (Å²) in [6.07, 6.45) is 0.686. The van der Waals surface area contributed by atoms with E-state index < -0.39 is 25.1 Å². The minimum atomic E-state index is -3.61. The van der Waals surface area contributed by atoms with Gasteiger partial charge in [-0.05, 0) is 31.0 Å². The van der Waals surface area contributed by atoms with E-state index in [9.17, 15) is 16.8 Å². The van der Waals surface area contributed by atoms with Crippen molar-refractivity contribution in [2.24, 2.45) is 0 Å². The van der Waals surface area contributed by atoms with E-state index in [0.717, 1.165) is 0 Å². The van der Waals surface area contributed by atoms with E-state index in [0.29, 0.717) is 17.9 Å². The van der Waals surface area contributed by atoms with Crippen molar-refractivity contribution in [1.29, 1.82) is 0 Å². The second-order valence-corrected chi connectivity index (χ2v) is 9.96. The number of halogens is 1. The Morgan fingerprint density at radius 1 is 1.19 bits per heavy atom. The molecule has 1 aromatic rings. The Hall–Kier alpha value is -0.630. The molecule has 0 bridgehead atoms. The zero-order valence-electron chi connectivity index (χ0n) is 11.7. The summed E-state index contributed by atoms with van der Waals surface area (Å²) in [4.78, 5) is 0.145. The Morgan fingerprint density at radius 3 is 2.33 bits per heavy atom. The molecule has 5 nitrogen and oxygen atoms in total. The summed E-state index contributed by atoms with van der Waals surface area (Å²) < 4.78 is 50.0. The Morgan fingerprint density at radius 2 is 1.81 bits per heavy atom. The lowest BCUT2D eigenvalue weighted by atomic mass is 10.2. The molecule has 1 aromatic carbocycles. The number of rotatable bonds is 4. The van der Waals surface area contributed by atoms with Gasteiger partial charge in [0, 0.05) is 23.9 Å². The standard InChI is InChI=1S/C13H18ClNO4S2/c1-2-20(16,17)12-6-8-15(9-7-12)21(18,19)13-5-3-4-11(14)10-13/h3-5,10,12H,2,6-9H2,1H3. The van der Waals surface area contributed by atoms with E-state index in [2.05, 4.69) is 0 Å². The maximum absolute atomic E-state index is 12.5. The van der Waals surface area contributed by atoms with Gasteiger partial charge in [-0.2, -0.15) is 4.31 Å². The van der Waals surface area contributed by atoms with Gasteiger partial charge in [0.2, 0.25) is 10.0 Å². The Bertz CT molecular complexity index is 707. The van der Waals surface area contributed by atoms with Crippen molar-refractivity contribution in [3.8, 4) is 0 Å². The molecule has 0 unspecified atom stereocenters. The Balaban J connectivity index is 2.15. The van der Waals surface area contributed by atoms with Gasteiger partial charge in [0.25, 0.3) is 0 Å². The molecule has 0 aromatic heterocycles. The Labute approximate surface area is 130 Å². The normalized spacial score (nSPS) is 18.8. The van der Waals surface area contributed by atoms with E-state index in [1.54, 1.807) is 19.1 Å². The van der Waals surface area contributed by atoms with Crippen LogP contribution in [0, 0.1) is 0 Å². The molecule has 0 amide bonds. The molecule has 2 rings (SSSR count). The lowest BCUT2D eigenvalue weighted by Crippen LogP contribution is -2.42. The van der Waals surface area contributed by atoms with Crippen LogP contribution in [-0.4, -0.2) is 45.2 Å². The van der Waals surface area contributed by atoms with E-state index in [-0.39, 0.29) is 23.7 Å². The minimum absolute atomic E-state index is 0.0959. The van der Waals surface area contributed by atoms with Crippen molar-refractivity contribution in [2.75, 3.05) is 18.8 Å². The second kappa shape index (κ2) is 6.24. The van der Waals surface area contributed by atoms with Gasteiger partial charge in [0.05, 0.1) is 10.1 Å². The fourth-order valence-corrected chi connectivity index (χ4v) is 5.62. The molecule has 0 aliphatic carbocycles. The first kappa shape index (κ1) is 16.7. The fraction of sp³-hybridized carbons (Fsp3) is 0.538. The molecule has 0 spiro atoms. The topological polar surface area (TPSA) is 71.5 Å². The molecule has 1 saturated heterocycles. The largest absolute Gasteiger partial charge is 0.243 e. The molecule has 0 radical (unpaired) electrons. The van der Waals surface area contributed by atoms with Crippen molar-refractivity contribution < 1.29 is 16.8 Å². The van der Waals surface area contributed by atoms with Gasteiger partial charge in [0.1, 0.15) is 0 Å². The monoisotopic (exact) mass is 351 g/mol. The number of hydrogen-bond acceptors (Lipinski definition) is 4. The summed E-state index contributed by atoms with van der Waals surface area (Å²) >= 11 is 5.83. The van der Waals surface area contributed by atoms with Crippen LogP contribution in [-0.2, 0) is 19.9 Å². The molecular weight excluding hydrogens is 334 g/mol. The molecule has 0 N–H and O–H groups in total. The third-order valence-corrected chi connectivity index (χ3v) is 8.17. The third-order valence-electron chi connectivity index (χ3n) is 3.75. The number of benzene rings is 1. The van der Waals surface area contributed by atoms with Gasteiger partial charge >= 0.3 is 0 Å². The number of sulfonamides is 1. The summed E-state index contributed by atoms with van der Waals surface area (Å²) in [5, 5.41) is -0.0761. The van der Waals surface area contributed by atoms with E-state index in [4.69, 9.17) is 11.6 Å². The van der Waals surface area contributed by atoms with E-state index in [1.807, 2.05) is 0 Å². The number of hydrogen-bond donors (Lipinski definition) is 0. The molecule has 0 atom stereocenters. The van der Waals surface area contributed by atoms with Gasteiger partial charge in [-0.1, -0.05) is 24.6 Å². The highest BCUT2D eigenvalue weighted by molar-refractivity contribution is 7.92. The summed E-state index contributed by atoms with van der Waals surface area (Å²) in [6.45, 7) is 2.06. The fourth-order valence-electron chi connectivity index (χ4n) is 2.44. The molecule has 21 heavy (non-hydrogen) atoms. The lowest BCUT2D eigenvalue weighted by molar-refractivity contribution is 0.346.